The van der Waals surface area contributed by atoms with Crippen molar-refractivity contribution in [3.63, 3.8) is 0 Å². The van der Waals surface area contributed by atoms with Crippen molar-refractivity contribution in [3.05, 3.63) is 59.7 Å². The lowest BCUT2D eigenvalue weighted by Gasteiger charge is -2.26. The maximum atomic E-state index is 12.8. The SMILES string of the molecule is C/C=C/C=C/C(=O)NCC(C)(C)c1cccc(C(F)(F)F)c1. The van der Waals surface area contributed by atoms with Crippen LogP contribution in [0.3, 0.4) is 0 Å². The summed E-state index contributed by atoms with van der Waals surface area (Å²) in [5, 5.41) is 2.70. The molecule has 0 radical (unpaired) electrons. The third-order valence-electron chi connectivity index (χ3n) is 3.23. The molecule has 2 nitrogen and oxygen atoms in total. The molecule has 1 rings (SSSR count). The molecule has 0 aliphatic carbocycles. The molecular formula is C17H20F3NO. The minimum absolute atomic E-state index is 0.243. The van der Waals surface area contributed by atoms with Crippen molar-refractivity contribution in [1.29, 1.82) is 0 Å². The fraction of sp³-hybridized carbons (Fsp3) is 0.353. The maximum Gasteiger partial charge on any atom is 0.416 e. The largest absolute Gasteiger partial charge is 0.416 e. The van der Waals surface area contributed by atoms with Gasteiger partial charge in [0.15, 0.2) is 0 Å². The third-order valence-corrected chi connectivity index (χ3v) is 3.23. The van der Waals surface area contributed by atoms with E-state index in [2.05, 4.69) is 5.32 Å². The zero-order chi connectivity index (χ0) is 16.8. The van der Waals surface area contributed by atoms with Gasteiger partial charge in [-0.1, -0.05) is 50.3 Å². The molecule has 120 valence electrons. The summed E-state index contributed by atoms with van der Waals surface area (Å²) in [5.74, 6) is -0.279. The Morgan fingerprint density at radius 1 is 1.18 bits per heavy atom. The number of hydrogen-bond donors (Lipinski definition) is 1. The quantitative estimate of drug-likeness (QED) is 0.640. The summed E-state index contributed by atoms with van der Waals surface area (Å²) in [6, 6.07) is 5.19. The summed E-state index contributed by atoms with van der Waals surface area (Å²) in [6.45, 7) is 5.66. The second kappa shape index (κ2) is 7.29. The summed E-state index contributed by atoms with van der Waals surface area (Å²) < 4.78 is 38.3. The molecule has 0 unspecified atom stereocenters. The van der Waals surface area contributed by atoms with Crippen LogP contribution in [0.5, 0.6) is 0 Å². The fourth-order valence-corrected chi connectivity index (χ4v) is 1.84. The first-order chi connectivity index (χ1) is 10.2. The highest BCUT2D eigenvalue weighted by atomic mass is 19.4. The summed E-state index contributed by atoms with van der Waals surface area (Å²) in [4.78, 5) is 11.6. The number of benzene rings is 1. The van der Waals surface area contributed by atoms with Gasteiger partial charge in [0.2, 0.25) is 5.91 Å². The average Bonchev–Trinajstić information content (AvgIpc) is 2.45. The highest BCUT2D eigenvalue weighted by molar-refractivity contribution is 5.87. The number of allylic oxidation sites excluding steroid dienone is 3. The van der Waals surface area contributed by atoms with Crippen LogP contribution < -0.4 is 5.32 Å². The summed E-state index contributed by atoms with van der Waals surface area (Å²) in [6.07, 6.45) is 2.12. The molecule has 0 atom stereocenters. The predicted octanol–water partition coefficient (Wildman–Crippen LogP) is 4.23. The highest BCUT2D eigenvalue weighted by Gasteiger charge is 2.32. The molecule has 1 amide bonds. The monoisotopic (exact) mass is 311 g/mol. The molecule has 0 heterocycles. The van der Waals surface area contributed by atoms with Crippen molar-refractivity contribution in [2.75, 3.05) is 6.54 Å². The molecule has 0 saturated heterocycles. The molecule has 22 heavy (non-hydrogen) atoms. The zero-order valence-electron chi connectivity index (χ0n) is 12.9. The van der Waals surface area contributed by atoms with Crippen molar-refractivity contribution in [2.24, 2.45) is 0 Å². The number of carbonyl (C=O) groups excluding carboxylic acids is 1. The molecule has 1 aromatic carbocycles. The van der Waals surface area contributed by atoms with Crippen LogP contribution in [0.4, 0.5) is 13.2 Å². The molecule has 1 N–H and O–H groups in total. The zero-order valence-corrected chi connectivity index (χ0v) is 12.9. The number of rotatable bonds is 5. The number of amides is 1. The molecule has 0 fully saturated rings. The van der Waals surface area contributed by atoms with Gasteiger partial charge in [0.1, 0.15) is 0 Å². The van der Waals surface area contributed by atoms with E-state index in [4.69, 9.17) is 0 Å². The predicted molar refractivity (Wildman–Crippen MR) is 81.4 cm³/mol. The van der Waals surface area contributed by atoms with Gasteiger partial charge in [0, 0.05) is 18.0 Å². The Hall–Kier alpha value is -2.04. The van der Waals surface area contributed by atoms with Crippen molar-refractivity contribution in [1.82, 2.24) is 5.32 Å². The summed E-state index contributed by atoms with van der Waals surface area (Å²) in [5.41, 5.74) is -0.761. The van der Waals surface area contributed by atoms with E-state index in [9.17, 15) is 18.0 Å². The first kappa shape index (κ1) is 18.0. The van der Waals surface area contributed by atoms with Crippen LogP contribution in [-0.2, 0) is 16.4 Å². The van der Waals surface area contributed by atoms with Crippen molar-refractivity contribution < 1.29 is 18.0 Å². The first-order valence-corrected chi connectivity index (χ1v) is 6.92. The molecule has 0 bridgehead atoms. The van der Waals surface area contributed by atoms with Crippen LogP contribution in [0, 0.1) is 0 Å². The van der Waals surface area contributed by atoms with E-state index < -0.39 is 17.2 Å². The Morgan fingerprint density at radius 3 is 2.41 bits per heavy atom. The third kappa shape index (κ3) is 5.39. The van der Waals surface area contributed by atoms with Gasteiger partial charge < -0.3 is 5.32 Å². The van der Waals surface area contributed by atoms with Gasteiger partial charge in [-0.2, -0.15) is 13.2 Å². The van der Waals surface area contributed by atoms with E-state index in [-0.39, 0.29) is 12.5 Å². The highest BCUT2D eigenvalue weighted by Crippen LogP contribution is 2.32. The topological polar surface area (TPSA) is 29.1 Å². The van der Waals surface area contributed by atoms with Crippen molar-refractivity contribution in [3.8, 4) is 0 Å². The first-order valence-electron chi connectivity index (χ1n) is 6.92. The van der Waals surface area contributed by atoms with E-state index in [1.54, 1.807) is 38.1 Å². The lowest BCUT2D eigenvalue weighted by Crippen LogP contribution is -2.36. The number of hydrogen-bond acceptors (Lipinski definition) is 1. The normalized spacial score (nSPS) is 13.0. The van der Waals surface area contributed by atoms with Crippen LogP contribution in [0.2, 0.25) is 0 Å². The van der Waals surface area contributed by atoms with Crippen LogP contribution in [0.25, 0.3) is 0 Å². The lowest BCUT2D eigenvalue weighted by atomic mass is 9.83. The molecule has 5 heteroatoms. The van der Waals surface area contributed by atoms with Gasteiger partial charge in [-0.15, -0.1) is 0 Å². The van der Waals surface area contributed by atoms with Crippen LogP contribution in [0.15, 0.2) is 48.6 Å². The number of nitrogens with one attached hydrogen (secondary N) is 1. The molecular weight excluding hydrogens is 291 g/mol. The van der Waals surface area contributed by atoms with Gasteiger partial charge >= 0.3 is 6.18 Å². The van der Waals surface area contributed by atoms with Gasteiger partial charge in [-0.3, -0.25) is 4.79 Å². The van der Waals surface area contributed by atoms with E-state index >= 15 is 0 Å². The van der Waals surface area contributed by atoms with Crippen LogP contribution >= 0.6 is 0 Å². The van der Waals surface area contributed by atoms with Crippen molar-refractivity contribution in [2.45, 2.75) is 32.4 Å². The van der Waals surface area contributed by atoms with E-state index in [1.165, 1.54) is 12.1 Å². The lowest BCUT2D eigenvalue weighted by molar-refractivity contribution is -0.137. The minimum Gasteiger partial charge on any atom is -0.352 e. The van der Waals surface area contributed by atoms with E-state index in [0.717, 1.165) is 12.1 Å². The van der Waals surface area contributed by atoms with Gasteiger partial charge in [-0.05, 0) is 18.6 Å². The molecule has 1 aromatic rings. The van der Waals surface area contributed by atoms with E-state index in [1.807, 2.05) is 6.92 Å². The smallest absolute Gasteiger partial charge is 0.352 e. The van der Waals surface area contributed by atoms with Gasteiger partial charge in [0.25, 0.3) is 0 Å². The standard InChI is InChI=1S/C17H20F3NO/c1-4-5-6-10-15(22)21-12-16(2,3)13-8-7-9-14(11-13)17(18,19)20/h4-11H,12H2,1-3H3,(H,21,22)/b5-4+,10-6+. The molecule has 0 aromatic heterocycles. The molecule has 0 saturated carbocycles. The van der Waals surface area contributed by atoms with Gasteiger partial charge in [-0.25, -0.2) is 0 Å². The second-order valence-corrected chi connectivity index (χ2v) is 5.57. The van der Waals surface area contributed by atoms with Gasteiger partial charge in [0.05, 0.1) is 5.56 Å². The maximum absolute atomic E-state index is 12.8. The Labute approximate surface area is 128 Å². The Balaban J connectivity index is 2.80. The Kier molecular flexibility index (Phi) is 5.97. The Bertz CT molecular complexity index is 572. The van der Waals surface area contributed by atoms with Crippen molar-refractivity contribution >= 4 is 5.91 Å². The number of alkyl halides is 3. The Morgan fingerprint density at radius 2 is 1.82 bits per heavy atom. The fourth-order valence-electron chi connectivity index (χ4n) is 1.84. The number of halogens is 3. The summed E-state index contributed by atoms with van der Waals surface area (Å²) >= 11 is 0. The minimum atomic E-state index is -4.37. The average molecular weight is 311 g/mol. The molecule has 0 aliphatic heterocycles. The van der Waals surface area contributed by atoms with E-state index in [0.29, 0.717) is 5.56 Å². The second-order valence-electron chi connectivity index (χ2n) is 5.57. The molecule has 0 aliphatic rings. The molecule has 0 spiro atoms. The number of carbonyl (C=O) groups is 1. The van der Waals surface area contributed by atoms with Crippen LogP contribution in [-0.4, -0.2) is 12.5 Å². The summed E-state index contributed by atoms with van der Waals surface area (Å²) in [7, 11) is 0. The van der Waals surface area contributed by atoms with Crippen LogP contribution in [0.1, 0.15) is 31.9 Å².